The van der Waals surface area contributed by atoms with Crippen LogP contribution in [-0.2, 0) is 18.2 Å². The van der Waals surface area contributed by atoms with E-state index in [2.05, 4.69) is 31.0 Å². The summed E-state index contributed by atoms with van der Waals surface area (Å²) in [6.07, 6.45) is 12.0. The van der Waals surface area contributed by atoms with E-state index in [1.807, 2.05) is 11.3 Å². The van der Waals surface area contributed by atoms with Gasteiger partial charge in [-0.3, -0.25) is 0 Å². The Morgan fingerprint density at radius 3 is 2.19 bits per heavy atom. The molecule has 2 nitrogen and oxygen atoms in total. The van der Waals surface area contributed by atoms with Crippen LogP contribution in [0.3, 0.4) is 0 Å². The summed E-state index contributed by atoms with van der Waals surface area (Å²) < 4.78 is 7.94. The summed E-state index contributed by atoms with van der Waals surface area (Å²) in [5, 5.41) is 0. The van der Waals surface area contributed by atoms with Crippen LogP contribution in [-0.4, -0.2) is 13.2 Å². The van der Waals surface area contributed by atoms with Crippen LogP contribution in [0.2, 0.25) is 0 Å². The zero-order valence-corrected chi connectivity index (χ0v) is 17.0. The smallest absolute Gasteiger partial charge is 0.224 e. The van der Waals surface area contributed by atoms with Crippen molar-refractivity contribution >= 4 is 11.3 Å². The maximum absolute atomic E-state index is 5.74. The molecule has 0 saturated heterocycles. The zero-order chi connectivity index (χ0) is 14.6. The van der Waals surface area contributed by atoms with Crippen molar-refractivity contribution in [3.8, 4) is 0 Å². The van der Waals surface area contributed by atoms with Gasteiger partial charge in [0.05, 0.1) is 11.5 Å². The molecular formula is C17H32INOS. The number of hydrogen-bond acceptors (Lipinski definition) is 2. The molecular weight excluding hydrogens is 393 g/mol. The number of hydrogen-bond donors (Lipinski definition) is 0. The summed E-state index contributed by atoms with van der Waals surface area (Å²) >= 11 is 1.84. The standard InChI is InChI=1S/C17H32NOS.HI/c1-4-5-6-7-8-9-10-11-13-19-14-12-17-16(2)18(3)15-20-17;/h15H,4-14H2,1-3H3;1H/q+1;/p-1. The molecule has 0 aliphatic rings. The number of rotatable bonds is 12. The lowest BCUT2D eigenvalue weighted by Gasteiger charge is -2.03. The first-order valence-corrected chi connectivity index (χ1v) is 9.14. The molecule has 0 N–H and O–H groups in total. The molecule has 0 unspecified atom stereocenters. The van der Waals surface area contributed by atoms with Crippen molar-refractivity contribution in [3.05, 3.63) is 16.1 Å². The molecule has 0 fully saturated rings. The third-order valence-electron chi connectivity index (χ3n) is 3.90. The molecule has 0 radical (unpaired) electrons. The topological polar surface area (TPSA) is 13.1 Å². The summed E-state index contributed by atoms with van der Waals surface area (Å²) in [6, 6.07) is 0. The molecule has 1 aromatic rings. The Bertz CT molecular complexity index is 355. The number of nitrogens with zero attached hydrogens (tertiary/aromatic N) is 1. The van der Waals surface area contributed by atoms with E-state index in [9.17, 15) is 0 Å². The van der Waals surface area contributed by atoms with Crippen molar-refractivity contribution in [2.45, 2.75) is 71.6 Å². The van der Waals surface area contributed by atoms with Crippen LogP contribution < -0.4 is 28.5 Å². The van der Waals surface area contributed by atoms with E-state index in [0.29, 0.717) is 0 Å². The Kier molecular flexibility index (Phi) is 14.2. The minimum atomic E-state index is 0. The predicted molar refractivity (Wildman–Crippen MR) is 87.4 cm³/mol. The van der Waals surface area contributed by atoms with Gasteiger partial charge in [0.15, 0.2) is 5.69 Å². The highest BCUT2D eigenvalue weighted by atomic mass is 127. The highest BCUT2D eigenvalue weighted by molar-refractivity contribution is 7.09. The normalized spacial score (nSPS) is 10.6. The first-order chi connectivity index (χ1) is 9.75. The molecule has 0 spiro atoms. The van der Waals surface area contributed by atoms with Gasteiger partial charge in [-0.15, -0.1) is 0 Å². The lowest BCUT2D eigenvalue weighted by Crippen LogP contribution is -3.00. The van der Waals surface area contributed by atoms with E-state index in [-0.39, 0.29) is 24.0 Å². The van der Waals surface area contributed by atoms with Gasteiger partial charge in [-0.1, -0.05) is 63.2 Å². The van der Waals surface area contributed by atoms with Crippen LogP contribution in [0, 0.1) is 6.92 Å². The molecule has 21 heavy (non-hydrogen) atoms. The van der Waals surface area contributed by atoms with Gasteiger partial charge in [0.25, 0.3) is 0 Å². The number of unbranched alkanes of at least 4 members (excludes halogenated alkanes) is 7. The largest absolute Gasteiger partial charge is 1.00 e. The van der Waals surface area contributed by atoms with Crippen molar-refractivity contribution in [1.29, 1.82) is 0 Å². The monoisotopic (exact) mass is 425 g/mol. The fourth-order valence-corrected chi connectivity index (χ4v) is 3.31. The number of halogens is 1. The van der Waals surface area contributed by atoms with Crippen LogP contribution in [0.1, 0.15) is 68.9 Å². The number of aromatic nitrogens is 1. The molecule has 1 rings (SSSR count). The fraction of sp³-hybridized carbons (Fsp3) is 0.824. The summed E-state index contributed by atoms with van der Waals surface area (Å²) in [5.41, 5.74) is 3.55. The van der Waals surface area contributed by atoms with Crippen molar-refractivity contribution in [2.75, 3.05) is 13.2 Å². The van der Waals surface area contributed by atoms with Crippen molar-refractivity contribution in [2.24, 2.45) is 7.05 Å². The first kappa shape index (κ1) is 21.3. The molecule has 0 atom stereocenters. The molecule has 4 heteroatoms. The second-order valence-electron chi connectivity index (χ2n) is 5.68. The summed E-state index contributed by atoms with van der Waals surface area (Å²) in [7, 11) is 2.11. The fourth-order valence-electron chi connectivity index (χ4n) is 2.35. The molecule has 0 bridgehead atoms. The Hall–Kier alpha value is 0.320. The van der Waals surface area contributed by atoms with E-state index in [0.717, 1.165) is 19.6 Å². The molecule has 124 valence electrons. The Labute approximate surface area is 152 Å². The Morgan fingerprint density at radius 1 is 1.00 bits per heavy atom. The summed E-state index contributed by atoms with van der Waals surface area (Å²) in [6.45, 7) is 6.27. The van der Waals surface area contributed by atoms with E-state index in [1.54, 1.807) is 0 Å². The average molecular weight is 425 g/mol. The molecule has 0 aliphatic carbocycles. The number of ether oxygens (including phenoxy) is 1. The van der Waals surface area contributed by atoms with Crippen molar-refractivity contribution in [1.82, 2.24) is 0 Å². The highest BCUT2D eigenvalue weighted by Gasteiger charge is 2.10. The molecule has 0 amide bonds. The Balaban J connectivity index is 0.00000400. The van der Waals surface area contributed by atoms with Gasteiger partial charge in [-0.2, -0.15) is 4.57 Å². The first-order valence-electron chi connectivity index (χ1n) is 8.26. The third kappa shape index (κ3) is 9.84. The number of aryl methyl sites for hydroxylation is 1. The van der Waals surface area contributed by atoms with Crippen molar-refractivity contribution < 1.29 is 33.3 Å². The second kappa shape index (κ2) is 13.9. The van der Waals surface area contributed by atoms with Gasteiger partial charge in [-0.25, -0.2) is 0 Å². The maximum Gasteiger partial charge on any atom is 0.224 e. The maximum atomic E-state index is 5.74. The molecule has 0 saturated carbocycles. The van der Waals surface area contributed by atoms with Gasteiger partial charge >= 0.3 is 0 Å². The summed E-state index contributed by atoms with van der Waals surface area (Å²) in [5.74, 6) is 0. The van der Waals surface area contributed by atoms with E-state index < -0.39 is 0 Å². The lowest BCUT2D eigenvalue weighted by molar-refractivity contribution is -0.673. The third-order valence-corrected chi connectivity index (χ3v) is 5.11. The minimum absolute atomic E-state index is 0. The van der Waals surface area contributed by atoms with E-state index in [4.69, 9.17) is 4.74 Å². The molecule has 1 aromatic heterocycles. The van der Waals surface area contributed by atoms with Crippen molar-refractivity contribution in [3.63, 3.8) is 0 Å². The van der Waals surface area contributed by atoms with Gasteiger partial charge in [0.2, 0.25) is 5.51 Å². The zero-order valence-electron chi connectivity index (χ0n) is 14.0. The molecule has 1 heterocycles. The highest BCUT2D eigenvalue weighted by Crippen LogP contribution is 2.11. The van der Waals surface area contributed by atoms with Crippen LogP contribution in [0.15, 0.2) is 5.51 Å². The Morgan fingerprint density at radius 2 is 1.62 bits per heavy atom. The minimum Gasteiger partial charge on any atom is -1.00 e. The van der Waals surface area contributed by atoms with Gasteiger partial charge in [-0.05, 0) is 6.42 Å². The summed E-state index contributed by atoms with van der Waals surface area (Å²) in [4.78, 5) is 1.46. The van der Waals surface area contributed by atoms with Crippen LogP contribution in [0.25, 0.3) is 0 Å². The molecule has 0 aliphatic heterocycles. The predicted octanol–water partition coefficient (Wildman–Crippen LogP) is 1.58. The SMILES string of the molecule is CCCCCCCCCCOCCc1sc[n+](C)c1C.[I-]. The van der Waals surface area contributed by atoms with E-state index >= 15 is 0 Å². The van der Waals surface area contributed by atoms with E-state index in [1.165, 1.54) is 61.9 Å². The quantitative estimate of drug-likeness (QED) is 0.282. The van der Waals surface area contributed by atoms with Crippen LogP contribution >= 0.6 is 11.3 Å². The second-order valence-corrected chi connectivity index (χ2v) is 6.62. The van der Waals surface area contributed by atoms with Gasteiger partial charge in [0, 0.05) is 20.0 Å². The molecule has 0 aromatic carbocycles. The lowest BCUT2D eigenvalue weighted by atomic mass is 10.1. The van der Waals surface area contributed by atoms with Crippen LogP contribution in [0.5, 0.6) is 0 Å². The van der Waals surface area contributed by atoms with Crippen LogP contribution in [0.4, 0.5) is 0 Å². The van der Waals surface area contributed by atoms with Gasteiger partial charge < -0.3 is 28.7 Å². The van der Waals surface area contributed by atoms with Gasteiger partial charge in [0.1, 0.15) is 7.05 Å². The number of thiazole rings is 1. The average Bonchev–Trinajstić information content (AvgIpc) is 2.76.